The Labute approximate surface area is 84.9 Å². The van der Waals surface area contributed by atoms with Crippen LogP contribution in [-0.4, -0.2) is 0 Å². The zero-order valence-corrected chi connectivity index (χ0v) is 8.64. The summed E-state index contributed by atoms with van der Waals surface area (Å²) in [6, 6.07) is 3.25. The van der Waals surface area contributed by atoms with E-state index in [1.54, 1.807) is 6.07 Å². The molecule has 4 heteroatoms. The van der Waals surface area contributed by atoms with Crippen molar-refractivity contribution in [2.75, 3.05) is 0 Å². The van der Waals surface area contributed by atoms with Crippen LogP contribution in [0.1, 0.15) is 11.1 Å². The van der Waals surface area contributed by atoms with Crippen LogP contribution in [0, 0.1) is 5.82 Å². The van der Waals surface area contributed by atoms with Crippen molar-refractivity contribution in [3.63, 3.8) is 0 Å². The Hall–Kier alpha value is -0.120. The molecule has 0 aliphatic carbocycles. The molecule has 0 unspecified atom stereocenters. The molecule has 0 atom stereocenters. The maximum atomic E-state index is 13.0. The second-order valence-corrected chi connectivity index (χ2v) is 3.44. The average Bonchev–Trinajstić information content (AvgIpc) is 2.45. The molecule has 0 bridgehead atoms. The number of hydrogen-bond donors (Lipinski definition) is 1. The van der Waals surface area contributed by atoms with E-state index in [1.807, 2.05) is 0 Å². The summed E-state index contributed by atoms with van der Waals surface area (Å²) in [4.78, 5) is 0. The third-order valence-corrected chi connectivity index (χ3v) is 2.66. The lowest BCUT2D eigenvalue weighted by Crippen LogP contribution is -2.00. The van der Waals surface area contributed by atoms with E-state index >= 15 is 0 Å². The molecular formula is C8H8BrClFN. The first-order chi connectivity index (χ1) is 5.29. The molecule has 1 aromatic rings. The monoisotopic (exact) mass is 251 g/mol. The number of fused-ring (bicyclic) bond motifs is 1. The fraction of sp³-hybridized carbons (Fsp3) is 0.250. The van der Waals surface area contributed by atoms with E-state index in [9.17, 15) is 4.39 Å². The molecule has 1 N–H and O–H groups in total. The lowest BCUT2D eigenvalue weighted by molar-refractivity contribution is 0.608. The van der Waals surface area contributed by atoms with Gasteiger partial charge >= 0.3 is 0 Å². The number of rotatable bonds is 0. The second kappa shape index (κ2) is 3.73. The summed E-state index contributed by atoms with van der Waals surface area (Å²) in [6.07, 6.45) is 0. The third kappa shape index (κ3) is 1.49. The van der Waals surface area contributed by atoms with Gasteiger partial charge in [0.05, 0.1) is 0 Å². The summed E-state index contributed by atoms with van der Waals surface area (Å²) >= 11 is 3.37. The van der Waals surface area contributed by atoms with Crippen LogP contribution >= 0.6 is 28.3 Å². The van der Waals surface area contributed by atoms with Gasteiger partial charge in [-0.15, -0.1) is 12.4 Å². The summed E-state index contributed by atoms with van der Waals surface area (Å²) < 4.78 is 14.0. The van der Waals surface area contributed by atoms with Gasteiger partial charge < -0.3 is 5.32 Å². The van der Waals surface area contributed by atoms with E-state index < -0.39 is 0 Å². The lowest BCUT2D eigenvalue weighted by atomic mass is 10.1. The Bertz CT molecular complexity index is 274. The van der Waals surface area contributed by atoms with Gasteiger partial charge in [0.25, 0.3) is 0 Å². The predicted octanol–water partition coefficient (Wildman–Crippen LogP) is 2.61. The highest BCUT2D eigenvalue weighted by molar-refractivity contribution is 9.10. The number of benzene rings is 1. The van der Waals surface area contributed by atoms with Crippen LogP contribution in [0.4, 0.5) is 4.39 Å². The quantitative estimate of drug-likeness (QED) is 0.748. The molecule has 0 spiro atoms. The SMILES string of the molecule is Cl.Fc1ccc(Br)c2c1CNC2. The lowest BCUT2D eigenvalue weighted by Gasteiger charge is -2.00. The van der Waals surface area contributed by atoms with Crippen LogP contribution in [0.15, 0.2) is 16.6 Å². The highest BCUT2D eigenvalue weighted by Crippen LogP contribution is 2.26. The summed E-state index contributed by atoms with van der Waals surface area (Å²) in [5, 5.41) is 3.10. The molecule has 12 heavy (non-hydrogen) atoms. The summed E-state index contributed by atoms with van der Waals surface area (Å²) in [7, 11) is 0. The van der Waals surface area contributed by atoms with Crippen LogP contribution in [0.2, 0.25) is 0 Å². The fourth-order valence-corrected chi connectivity index (χ4v) is 1.84. The van der Waals surface area contributed by atoms with Gasteiger partial charge in [0, 0.05) is 23.1 Å². The Morgan fingerprint density at radius 1 is 1.25 bits per heavy atom. The molecule has 1 heterocycles. The van der Waals surface area contributed by atoms with Crippen molar-refractivity contribution in [1.29, 1.82) is 0 Å². The molecule has 2 rings (SSSR count). The van der Waals surface area contributed by atoms with Crippen molar-refractivity contribution < 1.29 is 4.39 Å². The molecule has 1 aromatic carbocycles. The van der Waals surface area contributed by atoms with Crippen LogP contribution in [0.3, 0.4) is 0 Å². The maximum absolute atomic E-state index is 13.0. The first-order valence-electron chi connectivity index (χ1n) is 3.45. The van der Waals surface area contributed by atoms with Crippen LogP contribution in [-0.2, 0) is 13.1 Å². The molecule has 66 valence electrons. The summed E-state index contributed by atoms with van der Waals surface area (Å²) in [5.41, 5.74) is 1.87. The third-order valence-electron chi connectivity index (χ3n) is 1.92. The Kier molecular flexibility index (Phi) is 3.09. The smallest absolute Gasteiger partial charge is 0.128 e. The minimum absolute atomic E-state index is 0. The maximum Gasteiger partial charge on any atom is 0.128 e. The first kappa shape index (κ1) is 9.96. The highest BCUT2D eigenvalue weighted by atomic mass is 79.9. The van der Waals surface area contributed by atoms with Crippen molar-refractivity contribution in [2.24, 2.45) is 0 Å². The van der Waals surface area contributed by atoms with E-state index in [0.29, 0.717) is 6.54 Å². The Morgan fingerprint density at radius 2 is 1.92 bits per heavy atom. The minimum Gasteiger partial charge on any atom is -0.308 e. The van der Waals surface area contributed by atoms with Crippen LogP contribution in [0.5, 0.6) is 0 Å². The number of hydrogen-bond acceptors (Lipinski definition) is 1. The molecule has 0 saturated carbocycles. The number of nitrogens with one attached hydrogen (secondary N) is 1. The number of halogens is 3. The van der Waals surface area contributed by atoms with Gasteiger partial charge in [0.1, 0.15) is 5.82 Å². The molecule has 1 aliphatic heterocycles. The summed E-state index contributed by atoms with van der Waals surface area (Å²) in [6.45, 7) is 1.42. The molecule has 0 saturated heterocycles. The fourth-order valence-electron chi connectivity index (χ4n) is 1.33. The van der Waals surface area contributed by atoms with Gasteiger partial charge in [-0.25, -0.2) is 4.39 Å². The van der Waals surface area contributed by atoms with Gasteiger partial charge in [-0.3, -0.25) is 0 Å². The van der Waals surface area contributed by atoms with E-state index in [4.69, 9.17) is 0 Å². The summed E-state index contributed by atoms with van der Waals surface area (Å²) in [5.74, 6) is -0.104. The normalized spacial score (nSPS) is 13.8. The van der Waals surface area contributed by atoms with E-state index in [1.165, 1.54) is 6.07 Å². The van der Waals surface area contributed by atoms with Gasteiger partial charge in [-0.2, -0.15) is 0 Å². The molecule has 0 amide bonds. The zero-order valence-electron chi connectivity index (χ0n) is 6.23. The standard InChI is InChI=1S/C8H7BrFN.ClH/c9-7-1-2-8(10)6-4-11-3-5(6)7;/h1-2,11H,3-4H2;1H. The topological polar surface area (TPSA) is 12.0 Å². The Balaban J connectivity index is 0.000000720. The van der Waals surface area contributed by atoms with Crippen molar-refractivity contribution in [1.82, 2.24) is 5.32 Å². The van der Waals surface area contributed by atoms with Crippen molar-refractivity contribution in [2.45, 2.75) is 13.1 Å². The first-order valence-corrected chi connectivity index (χ1v) is 4.25. The van der Waals surface area contributed by atoms with Gasteiger partial charge in [0.2, 0.25) is 0 Å². The second-order valence-electron chi connectivity index (χ2n) is 2.59. The zero-order chi connectivity index (χ0) is 7.84. The molecule has 0 fully saturated rings. The van der Waals surface area contributed by atoms with Crippen LogP contribution in [0.25, 0.3) is 0 Å². The van der Waals surface area contributed by atoms with E-state index in [2.05, 4.69) is 21.2 Å². The van der Waals surface area contributed by atoms with E-state index in [0.717, 1.165) is 22.1 Å². The van der Waals surface area contributed by atoms with E-state index in [-0.39, 0.29) is 18.2 Å². The molecular weight excluding hydrogens is 244 g/mol. The van der Waals surface area contributed by atoms with Crippen molar-refractivity contribution in [3.8, 4) is 0 Å². The highest BCUT2D eigenvalue weighted by Gasteiger charge is 2.16. The van der Waals surface area contributed by atoms with Gasteiger partial charge in [-0.05, 0) is 17.7 Å². The van der Waals surface area contributed by atoms with Gasteiger partial charge in [-0.1, -0.05) is 15.9 Å². The van der Waals surface area contributed by atoms with Crippen molar-refractivity contribution >= 4 is 28.3 Å². The molecule has 0 aromatic heterocycles. The minimum atomic E-state index is -0.104. The van der Waals surface area contributed by atoms with Gasteiger partial charge in [0.15, 0.2) is 0 Å². The van der Waals surface area contributed by atoms with Crippen LogP contribution < -0.4 is 5.32 Å². The van der Waals surface area contributed by atoms with Crippen molar-refractivity contribution in [3.05, 3.63) is 33.5 Å². The molecule has 0 radical (unpaired) electrons. The Morgan fingerprint density at radius 3 is 2.58 bits per heavy atom. The largest absolute Gasteiger partial charge is 0.308 e. The predicted molar refractivity (Wildman–Crippen MR) is 51.9 cm³/mol. The molecule has 1 aliphatic rings. The molecule has 1 nitrogen and oxygen atoms in total. The average molecular weight is 253 g/mol.